The third-order valence-electron chi connectivity index (χ3n) is 2.36. The second-order valence-corrected chi connectivity index (χ2v) is 3.53. The molecule has 1 aromatic heterocycles. The van der Waals surface area contributed by atoms with E-state index in [1.807, 2.05) is 26.1 Å². The summed E-state index contributed by atoms with van der Waals surface area (Å²) in [5.74, 6) is 2.11. The second kappa shape index (κ2) is 3.84. The van der Waals surface area contributed by atoms with Crippen molar-refractivity contribution >= 4 is 5.69 Å². The number of ether oxygens (including phenoxy) is 1. The van der Waals surface area contributed by atoms with E-state index in [-0.39, 0.29) is 0 Å². The Hall–Kier alpha value is -2.04. The number of hydrogen-bond donors (Lipinski definition) is 1. The summed E-state index contributed by atoms with van der Waals surface area (Å²) in [5, 5.41) is 4.20. The highest BCUT2D eigenvalue weighted by atomic mass is 16.5. The molecule has 1 heterocycles. The average Bonchev–Trinajstić information content (AvgIpc) is 2.57. The van der Waals surface area contributed by atoms with Crippen LogP contribution in [-0.2, 0) is 7.05 Å². The van der Waals surface area contributed by atoms with Crippen LogP contribution in [0, 0.1) is 6.92 Å². The fourth-order valence-corrected chi connectivity index (χ4v) is 1.71. The number of benzene rings is 1. The molecule has 0 atom stereocenters. The minimum atomic E-state index is 0.598. The Bertz CT molecular complexity index is 519. The van der Waals surface area contributed by atoms with E-state index in [1.54, 1.807) is 17.9 Å². The van der Waals surface area contributed by atoms with Gasteiger partial charge in [-0.3, -0.25) is 0 Å². The topological polar surface area (TPSA) is 66.0 Å². The van der Waals surface area contributed by atoms with Crippen LogP contribution in [0.15, 0.2) is 18.2 Å². The summed E-state index contributed by atoms with van der Waals surface area (Å²) < 4.78 is 7.00. The van der Waals surface area contributed by atoms with E-state index in [0.717, 1.165) is 17.2 Å². The summed E-state index contributed by atoms with van der Waals surface area (Å²) >= 11 is 0. The average molecular weight is 218 g/mol. The molecule has 0 radical (unpaired) electrons. The van der Waals surface area contributed by atoms with Gasteiger partial charge in [0.1, 0.15) is 5.82 Å². The van der Waals surface area contributed by atoms with Crippen LogP contribution in [-0.4, -0.2) is 21.9 Å². The highest BCUT2D eigenvalue weighted by Gasteiger charge is 2.14. The van der Waals surface area contributed by atoms with Gasteiger partial charge in [-0.15, -0.1) is 0 Å². The Kier molecular flexibility index (Phi) is 2.52. The van der Waals surface area contributed by atoms with Crippen molar-refractivity contribution in [1.82, 2.24) is 14.8 Å². The number of anilines is 1. The van der Waals surface area contributed by atoms with Crippen molar-refractivity contribution in [1.29, 1.82) is 0 Å². The normalized spacial score (nSPS) is 10.4. The molecule has 5 nitrogen and oxygen atoms in total. The molecule has 0 fully saturated rings. The van der Waals surface area contributed by atoms with Crippen LogP contribution >= 0.6 is 0 Å². The number of nitrogens with two attached hydrogens (primary N) is 1. The molecular formula is C11H14N4O. The van der Waals surface area contributed by atoms with E-state index in [2.05, 4.69) is 10.1 Å². The predicted octanol–water partition coefficient (Wildman–Crippen LogP) is 1.38. The van der Waals surface area contributed by atoms with E-state index in [0.29, 0.717) is 11.4 Å². The smallest absolute Gasteiger partial charge is 0.161 e. The van der Waals surface area contributed by atoms with Gasteiger partial charge in [0.15, 0.2) is 11.6 Å². The molecule has 0 aliphatic carbocycles. The third-order valence-corrected chi connectivity index (χ3v) is 2.36. The lowest BCUT2D eigenvalue weighted by Gasteiger charge is -2.09. The number of aryl methyl sites for hydroxylation is 2. The van der Waals surface area contributed by atoms with Gasteiger partial charge in [0.2, 0.25) is 0 Å². The number of methoxy groups -OCH3 is 1. The molecule has 2 aromatic rings. The number of para-hydroxylation sites is 1. The number of aromatic nitrogens is 3. The molecule has 0 spiro atoms. The fraction of sp³-hybridized carbons (Fsp3) is 0.273. The minimum Gasteiger partial charge on any atom is -0.494 e. The number of hydrogen-bond acceptors (Lipinski definition) is 4. The molecule has 0 saturated carbocycles. The van der Waals surface area contributed by atoms with E-state index in [9.17, 15) is 0 Å². The summed E-state index contributed by atoms with van der Waals surface area (Å²) in [6.07, 6.45) is 0. The van der Waals surface area contributed by atoms with Crippen LogP contribution in [0.25, 0.3) is 11.4 Å². The zero-order valence-electron chi connectivity index (χ0n) is 9.56. The molecule has 0 aliphatic rings. The molecule has 16 heavy (non-hydrogen) atoms. The van der Waals surface area contributed by atoms with Crippen LogP contribution in [0.5, 0.6) is 5.75 Å². The molecular weight excluding hydrogens is 204 g/mol. The highest BCUT2D eigenvalue weighted by Crippen LogP contribution is 2.33. The zero-order valence-corrected chi connectivity index (χ0v) is 9.56. The monoisotopic (exact) mass is 218 g/mol. The summed E-state index contributed by atoms with van der Waals surface area (Å²) in [4.78, 5) is 4.35. The van der Waals surface area contributed by atoms with Crippen molar-refractivity contribution in [2.75, 3.05) is 12.8 Å². The third kappa shape index (κ3) is 1.60. The van der Waals surface area contributed by atoms with Crippen LogP contribution in [0.3, 0.4) is 0 Å². The van der Waals surface area contributed by atoms with Gasteiger partial charge in [-0.2, -0.15) is 5.10 Å². The number of nitrogen functional groups attached to an aromatic ring is 1. The van der Waals surface area contributed by atoms with Crippen molar-refractivity contribution < 1.29 is 4.74 Å². The maximum absolute atomic E-state index is 5.84. The van der Waals surface area contributed by atoms with Gasteiger partial charge < -0.3 is 10.5 Å². The Morgan fingerprint density at radius 2 is 2.12 bits per heavy atom. The zero-order chi connectivity index (χ0) is 11.7. The van der Waals surface area contributed by atoms with E-state index in [1.165, 1.54) is 0 Å². The van der Waals surface area contributed by atoms with E-state index >= 15 is 0 Å². The number of nitrogens with zero attached hydrogens (tertiary/aromatic N) is 3. The maximum atomic E-state index is 5.84. The van der Waals surface area contributed by atoms with Crippen molar-refractivity contribution in [3.05, 3.63) is 24.0 Å². The summed E-state index contributed by atoms with van der Waals surface area (Å²) in [6.45, 7) is 1.85. The second-order valence-electron chi connectivity index (χ2n) is 3.53. The summed E-state index contributed by atoms with van der Waals surface area (Å²) in [6, 6.07) is 5.58. The fourth-order valence-electron chi connectivity index (χ4n) is 1.71. The maximum Gasteiger partial charge on any atom is 0.161 e. The number of rotatable bonds is 2. The lowest BCUT2D eigenvalue weighted by molar-refractivity contribution is 0.418. The molecule has 5 heteroatoms. The van der Waals surface area contributed by atoms with Crippen molar-refractivity contribution in [2.24, 2.45) is 7.05 Å². The van der Waals surface area contributed by atoms with Crippen molar-refractivity contribution in [3.8, 4) is 17.1 Å². The van der Waals surface area contributed by atoms with Gasteiger partial charge in [-0.25, -0.2) is 9.67 Å². The first-order valence-corrected chi connectivity index (χ1v) is 4.94. The molecule has 84 valence electrons. The van der Waals surface area contributed by atoms with Gasteiger partial charge in [-0.05, 0) is 19.1 Å². The van der Waals surface area contributed by atoms with Crippen LogP contribution in [0.2, 0.25) is 0 Å². The summed E-state index contributed by atoms with van der Waals surface area (Å²) in [7, 11) is 3.44. The first-order chi connectivity index (χ1) is 7.63. The first kappa shape index (κ1) is 10.5. The molecule has 1 aromatic carbocycles. The standard InChI is InChI=1S/C11H14N4O/c1-7-13-11(15(2)14-7)8-5-4-6-9(12)10(8)16-3/h4-6H,12H2,1-3H3. The summed E-state index contributed by atoms with van der Waals surface area (Å²) in [5.41, 5.74) is 7.29. The van der Waals surface area contributed by atoms with E-state index < -0.39 is 0 Å². The van der Waals surface area contributed by atoms with Gasteiger partial charge in [0.25, 0.3) is 0 Å². The Morgan fingerprint density at radius 3 is 2.69 bits per heavy atom. The lowest BCUT2D eigenvalue weighted by Crippen LogP contribution is -1.99. The molecule has 0 amide bonds. The van der Waals surface area contributed by atoms with Crippen LogP contribution < -0.4 is 10.5 Å². The Morgan fingerprint density at radius 1 is 1.38 bits per heavy atom. The lowest BCUT2D eigenvalue weighted by atomic mass is 10.1. The molecule has 0 unspecified atom stereocenters. The van der Waals surface area contributed by atoms with E-state index in [4.69, 9.17) is 10.5 Å². The molecule has 0 saturated heterocycles. The Balaban J connectivity index is 2.64. The van der Waals surface area contributed by atoms with Gasteiger partial charge in [-0.1, -0.05) is 6.07 Å². The van der Waals surface area contributed by atoms with Crippen molar-refractivity contribution in [2.45, 2.75) is 6.92 Å². The molecule has 2 N–H and O–H groups in total. The van der Waals surface area contributed by atoms with Crippen LogP contribution in [0.1, 0.15) is 5.82 Å². The van der Waals surface area contributed by atoms with Crippen LogP contribution in [0.4, 0.5) is 5.69 Å². The minimum absolute atomic E-state index is 0.598. The first-order valence-electron chi connectivity index (χ1n) is 4.94. The van der Waals surface area contributed by atoms with Crippen molar-refractivity contribution in [3.63, 3.8) is 0 Å². The SMILES string of the molecule is COc1c(N)cccc1-c1nc(C)nn1C. The predicted molar refractivity (Wildman–Crippen MR) is 62.1 cm³/mol. The quantitative estimate of drug-likeness (QED) is 0.773. The highest BCUT2D eigenvalue weighted by molar-refractivity contribution is 5.73. The van der Waals surface area contributed by atoms with Gasteiger partial charge >= 0.3 is 0 Å². The largest absolute Gasteiger partial charge is 0.494 e. The molecule has 0 aliphatic heterocycles. The van der Waals surface area contributed by atoms with Gasteiger partial charge in [0, 0.05) is 7.05 Å². The Labute approximate surface area is 93.9 Å². The molecule has 0 bridgehead atoms. The van der Waals surface area contributed by atoms with Gasteiger partial charge in [0.05, 0.1) is 18.4 Å². The molecule has 2 rings (SSSR count).